The van der Waals surface area contributed by atoms with Gasteiger partial charge in [0.1, 0.15) is 0 Å². The minimum Gasteiger partial charge on any atom is -0.478 e. The molecule has 7 N–H and O–H groups in total. The highest BCUT2D eigenvalue weighted by Crippen LogP contribution is 2.20. The summed E-state index contributed by atoms with van der Waals surface area (Å²) in [6.45, 7) is 6.82. The van der Waals surface area contributed by atoms with E-state index in [-0.39, 0.29) is 0 Å². The smallest absolute Gasteiger partial charge is 0.359 e. The van der Waals surface area contributed by atoms with Crippen molar-refractivity contribution in [3.63, 3.8) is 0 Å². The third kappa shape index (κ3) is 7.46. The van der Waals surface area contributed by atoms with Crippen molar-refractivity contribution < 1.29 is 9.90 Å². The highest BCUT2D eigenvalue weighted by molar-refractivity contribution is 5.77. The Balaban J connectivity index is 4.34. The molecule has 0 bridgehead atoms. The van der Waals surface area contributed by atoms with E-state index in [4.69, 9.17) is 17.5 Å². The minimum absolute atomic E-state index is 0.311. The molecule has 0 saturated carbocycles. The summed E-state index contributed by atoms with van der Waals surface area (Å²) in [5.74, 6) is 15.1. The van der Waals surface area contributed by atoms with Crippen molar-refractivity contribution in [1.82, 2.24) is 15.0 Å². The second kappa shape index (κ2) is 14.3. The van der Waals surface area contributed by atoms with E-state index < -0.39 is 11.8 Å². The number of hydrogen-bond donors (Lipinski definition) is 4. The molecule has 156 valence electrons. The van der Waals surface area contributed by atoms with Crippen LogP contribution in [0.2, 0.25) is 0 Å². The van der Waals surface area contributed by atoms with Crippen LogP contribution >= 0.6 is 0 Å². The van der Waals surface area contributed by atoms with Crippen LogP contribution in [0.5, 0.6) is 0 Å². The van der Waals surface area contributed by atoms with E-state index in [0.29, 0.717) is 19.6 Å². The summed E-state index contributed by atoms with van der Waals surface area (Å²) in [4.78, 5) is 12.0. The summed E-state index contributed by atoms with van der Waals surface area (Å²) >= 11 is 0. The maximum absolute atomic E-state index is 12.0. The molecule has 0 aliphatic rings. The van der Waals surface area contributed by atoms with Crippen molar-refractivity contribution in [3.8, 4) is 0 Å². The van der Waals surface area contributed by atoms with Crippen LogP contribution in [0, 0.1) is 0 Å². The number of likely N-dealkylation sites (N-methyl/N-ethyl adjacent to an activating group) is 2. The molecule has 0 heterocycles. The zero-order chi connectivity index (χ0) is 20.0. The molecular formula is C18H42N6O2. The SMILES string of the molecule is CCCCCCCCCCCCN(N)C(C(=O)O)(N(N)CC)N(N)CC. The number of hydrazine groups is 3. The van der Waals surface area contributed by atoms with Gasteiger partial charge >= 0.3 is 5.97 Å². The summed E-state index contributed by atoms with van der Waals surface area (Å²) in [7, 11) is 0. The van der Waals surface area contributed by atoms with Gasteiger partial charge in [0.15, 0.2) is 0 Å². The van der Waals surface area contributed by atoms with Crippen molar-refractivity contribution in [2.75, 3.05) is 19.6 Å². The molecule has 0 radical (unpaired) electrons. The van der Waals surface area contributed by atoms with Crippen molar-refractivity contribution in [1.29, 1.82) is 0 Å². The first-order chi connectivity index (χ1) is 12.4. The van der Waals surface area contributed by atoms with Gasteiger partial charge in [-0.3, -0.25) is 17.5 Å². The highest BCUT2D eigenvalue weighted by atomic mass is 16.4. The highest BCUT2D eigenvalue weighted by Gasteiger charge is 2.51. The van der Waals surface area contributed by atoms with Crippen molar-refractivity contribution in [2.24, 2.45) is 17.5 Å². The fourth-order valence-electron chi connectivity index (χ4n) is 3.23. The first-order valence-corrected chi connectivity index (χ1v) is 10.2. The number of nitrogens with zero attached hydrogens (tertiary/aromatic N) is 3. The molecule has 0 spiro atoms. The Hall–Kier alpha value is -0.770. The van der Waals surface area contributed by atoms with E-state index in [1.165, 1.54) is 60.0 Å². The van der Waals surface area contributed by atoms with Crippen LogP contribution in [-0.4, -0.2) is 51.5 Å². The number of carbonyl (C=O) groups is 1. The lowest BCUT2D eigenvalue weighted by atomic mass is 10.1. The molecule has 0 aromatic rings. The van der Waals surface area contributed by atoms with E-state index in [0.717, 1.165) is 19.3 Å². The number of unbranched alkanes of at least 4 members (excludes halogenated alkanes) is 9. The van der Waals surface area contributed by atoms with Crippen LogP contribution in [0.25, 0.3) is 0 Å². The lowest BCUT2D eigenvalue weighted by Gasteiger charge is -2.47. The molecule has 0 unspecified atom stereocenters. The number of rotatable bonds is 17. The molecule has 0 fully saturated rings. The molecule has 0 aliphatic carbocycles. The van der Waals surface area contributed by atoms with E-state index in [2.05, 4.69) is 6.92 Å². The summed E-state index contributed by atoms with van der Waals surface area (Å²) < 4.78 is 0. The number of aliphatic carboxylic acids is 1. The van der Waals surface area contributed by atoms with Gasteiger partial charge in [0, 0.05) is 19.6 Å². The normalized spacial score (nSPS) is 12.5. The maximum Gasteiger partial charge on any atom is 0.359 e. The second-order valence-corrected chi connectivity index (χ2v) is 6.89. The fourth-order valence-corrected chi connectivity index (χ4v) is 3.23. The molecule has 0 saturated heterocycles. The maximum atomic E-state index is 12.0. The number of carboxylic acids is 1. The topological polar surface area (TPSA) is 125 Å². The Morgan fingerprint density at radius 2 is 1.12 bits per heavy atom. The molecular weight excluding hydrogens is 332 g/mol. The van der Waals surface area contributed by atoms with Crippen LogP contribution in [0.1, 0.15) is 85.0 Å². The molecule has 8 heteroatoms. The molecule has 0 atom stereocenters. The van der Waals surface area contributed by atoms with E-state index in [9.17, 15) is 9.90 Å². The lowest BCUT2D eigenvalue weighted by Crippen LogP contribution is -2.79. The van der Waals surface area contributed by atoms with Crippen LogP contribution in [-0.2, 0) is 4.79 Å². The molecule has 0 amide bonds. The molecule has 0 aromatic carbocycles. The lowest BCUT2D eigenvalue weighted by molar-refractivity contribution is -0.207. The quantitative estimate of drug-likeness (QED) is 0.132. The first-order valence-electron chi connectivity index (χ1n) is 10.2. The van der Waals surface area contributed by atoms with E-state index in [1.807, 2.05) is 0 Å². The summed E-state index contributed by atoms with van der Waals surface area (Å²) in [6.07, 6.45) is 12.1. The summed E-state index contributed by atoms with van der Waals surface area (Å²) in [5.41, 5.74) is 0. The van der Waals surface area contributed by atoms with Gasteiger partial charge in [0.05, 0.1) is 0 Å². The average Bonchev–Trinajstić information content (AvgIpc) is 2.62. The van der Waals surface area contributed by atoms with Crippen LogP contribution in [0.3, 0.4) is 0 Å². The largest absolute Gasteiger partial charge is 0.478 e. The van der Waals surface area contributed by atoms with E-state index in [1.54, 1.807) is 13.8 Å². The van der Waals surface area contributed by atoms with Crippen LogP contribution in [0.4, 0.5) is 0 Å². The van der Waals surface area contributed by atoms with Gasteiger partial charge in [-0.15, -0.1) is 0 Å². The molecule has 26 heavy (non-hydrogen) atoms. The summed E-state index contributed by atoms with van der Waals surface area (Å²) in [6, 6.07) is 0. The van der Waals surface area contributed by atoms with Crippen molar-refractivity contribution in [3.05, 3.63) is 0 Å². The molecule has 0 rings (SSSR count). The minimum atomic E-state index is -1.73. The number of hydrogen-bond acceptors (Lipinski definition) is 7. The Labute approximate surface area is 159 Å². The van der Waals surface area contributed by atoms with E-state index >= 15 is 0 Å². The third-order valence-corrected chi connectivity index (χ3v) is 4.92. The molecule has 8 nitrogen and oxygen atoms in total. The van der Waals surface area contributed by atoms with Gasteiger partial charge in [-0.25, -0.2) is 19.8 Å². The fraction of sp³-hybridized carbons (Fsp3) is 0.944. The molecule has 0 aliphatic heterocycles. The summed E-state index contributed by atoms with van der Waals surface area (Å²) in [5, 5.41) is 13.4. The Kier molecular flexibility index (Phi) is 13.9. The standard InChI is InChI=1S/C18H42N6O2/c1-4-7-8-9-10-11-12-13-14-15-16-24(21)18(17(25)26,22(19)5-2)23(20)6-3/h4-16,19-21H2,1-3H3,(H,25,26). The predicted octanol–water partition coefficient (Wildman–Crippen LogP) is 2.21. The zero-order valence-electron chi connectivity index (χ0n) is 17.1. The van der Waals surface area contributed by atoms with Gasteiger partial charge in [-0.1, -0.05) is 78.6 Å². The average molecular weight is 375 g/mol. The van der Waals surface area contributed by atoms with Gasteiger partial charge in [-0.05, 0) is 6.42 Å². The second-order valence-electron chi connectivity index (χ2n) is 6.89. The Morgan fingerprint density at radius 1 is 0.731 bits per heavy atom. The first kappa shape index (κ1) is 25.2. The van der Waals surface area contributed by atoms with Crippen LogP contribution < -0.4 is 17.5 Å². The zero-order valence-corrected chi connectivity index (χ0v) is 17.1. The number of carboxylic acid groups (broad SMARTS) is 1. The Bertz CT molecular complexity index is 360. The Morgan fingerprint density at radius 3 is 1.46 bits per heavy atom. The third-order valence-electron chi connectivity index (χ3n) is 4.92. The van der Waals surface area contributed by atoms with Gasteiger partial charge in [-0.2, -0.15) is 0 Å². The van der Waals surface area contributed by atoms with Gasteiger partial charge in [0.2, 0.25) is 0 Å². The monoisotopic (exact) mass is 374 g/mol. The van der Waals surface area contributed by atoms with Gasteiger partial charge in [0.25, 0.3) is 5.79 Å². The van der Waals surface area contributed by atoms with Crippen molar-refractivity contribution in [2.45, 2.75) is 90.8 Å². The molecule has 0 aromatic heterocycles. The van der Waals surface area contributed by atoms with Crippen molar-refractivity contribution >= 4 is 5.97 Å². The number of nitrogens with two attached hydrogens (primary N) is 3. The van der Waals surface area contributed by atoms with Crippen LogP contribution in [0.15, 0.2) is 0 Å². The predicted molar refractivity (Wildman–Crippen MR) is 106 cm³/mol. The van der Waals surface area contributed by atoms with Gasteiger partial charge < -0.3 is 5.11 Å².